The van der Waals surface area contributed by atoms with Crippen molar-refractivity contribution in [2.75, 3.05) is 123 Å². The van der Waals surface area contributed by atoms with E-state index in [-0.39, 0.29) is 77.8 Å². The number of halogens is 3. The molecule has 27 nitrogen and oxygen atoms in total. The Hall–Kier alpha value is -14.1. The molecular weight excluding hydrogens is 1980 g/mol. The molecule has 1 fully saturated rings. The quantitative estimate of drug-likeness (QED) is 0.0164. The number of carbonyl (C=O) groups excluding carboxylic acids is 3. The van der Waals surface area contributed by atoms with Crippen LogP contribution in [0.15, 0.2) is 182 Å². The molecule has 6 N–H and O–H groups in total. The second kappa shape index (κ2) is 48.5. The molecular formula is C111H110F3N15O12S6. The summed E-state index contributed by atoms with van der Waals surface area (Å²) in [6.07, 6.45) is 4.80. The van der Waals surface area contributed by atoms with Gasteiger partial charge in [-0.15, -0.1) is 34.0 Å². The van der Waals surface area contributed by atoms with Crippen LogP contribution in [0.3, 0.4) is 0 Å². The number of carboxylic acids is 3. The number of aryl methyl sites for hydroxylation is 3. The lowest BCUT2D eigenvalue weighted by Crippen LogP contribution is -2.48. The molecule has 36 heteroatoms. The number of rotatable bonds is 33. The number of amides is 3. The number of fused-ring (bicyclic) bond motifs is 6. The molecule has 0 unspecified atom stereocenters. The Kier molecular flexibility index (Phi) is 34.4. The molecule has 0 atom stereocenters. The number of hydrogen-bond donors (Lipinski definition) is 6. The lowest BCUT2D eigenvalue weighted by molar-refractivity contribution is 0.0679. The number of hydrogen-bond acceptors (Lipinski definition) is 27. The maximum Gasteiger partial charge on any atom is 0.355 e. The summed E-state index contributed by atoms with van der Waals surface area (Å²) in [6.45, 7) is 22.8. The van der Waals surface area contributed by atoms with E-state index in [0.717, 1.165) is 102 Å². The molecule has 4 aliphatic rings. The predicted molar refractivity (Wildman–Crippen MR) is 578 cm³/mol. The number of anilines is 6. The highest BCUT2D eigenvalue weighted by molar-refractivity contribution is 7.23. The van der Waals surface area contributed by atoms with Crippen molar-refractivity contribution < 1.29 is 71.5 Å². The van der Waals surface area contributed by atoms with Gasteiger partial charge in [-0.3, -0.25) is 45.0 Å². The summed E-state index contributed by atoms with van der Waals surface area (Å²) < 4.78 is 64.2. The van der Waals surface area contributed by atoms with E-state index in [2.05, 4.69) is 112 Å². The largest absolute Gasteiger partial charge is 0.491 e. The molecule has 4 aliphatic heterocycles. The molecule has 0 radical (unpaired) electrons. The van der Waals surface area contributed by atoms with Gasteiger partial charge in [0.2, 0.25) is 0 Å². The molecule has 0 aliphatic carbocycles. The van der Waals surface area contributed by atoms with Gasteiger partial charge in [0.15, 0.2) is 82.6 Å². The number of thiazole rings is 6. The standard InChI is InChI=1S/C40H41FN6O4S2.C38H38FN5O4S2.C33H31FN4O4S2/c1-26(2)46-21-19-45(20-22-46)17-6-8-27-14-15-33(31(41)24-27)51-23-7-13-35-36(38(49)50)43-40(53-35)47-18-16-28-9-5-10-29(30(28)25-47)37(48)44-39-42-32-11-3-4-12-34(32)52-39;1-24(2)22-43(3)18-7-9-25-15-16-31(29(39)21-25)48-20-8-14-33-34(36(46)47)41-38(50-33)44-19-17-26-10-6-11-27(28(26)23-44)35(45)42-37-40-30-12-4-5-13-32(30)49-37;1-19(2)21-12-13-26(24(34)17-21)42-16-6-11-28-29(31(40)41)36-33(44-28)38-15-14-20-7-5-8-22(23(20)18-38)30(39)37-32-35-25-9-3-4-10-27(25)43-32/h3-5,9-12,14-15,24,26H,7,13,16-23,25H2,1-2H3,(H,49,50)(H,42,44,48);4-6,10-13,15-16,21,24H,8,14,17-20,22-23H2,1-3H3,(H,46,47)(H,40,42,45);3-5,7-10,12-13,17,19H,6,11,14-16,18H2,1-2H3,(H,40,41)(H,35,37,39). The van der Waals surface area contributed by atoms with E-state index in [1.54, 1.807) is 42.5 Å². The third-order valence-corrected chi connectivity index (χ3v) is 31.8. The van der Waals surface area contributed by atoms with Crippen LogP contribution in [0.25, 0.3) is 30.6 Å². The Morgan fingerprint density at radius 3 is 1.12 bits per heavy atom. The van der Waals surface area contributed by atoms with Crippen molar-refractivity contribution in [2.45, 2.75) is 131 Å². The lowest BCUT2D eigenvalue weighted by Gasteiger charge is -2.36. The van der Waals surface area contributed by atoms with Crippen LogP contribution in [0.4, 0.5) is 44.0 Å². The first kappa shape index (κ1) is 104. The number of para-hydroxylation sites is 3. The van der Waals surface area contributed by atoms with Crippen LogP contribution in [-0.2, 0) is 58.2 Å². The maximum absolute atomic E-state index is 14.9. The van der Waals surface area contributed by atoms with Gasteiger partial charge in [0, 0.05) is 120 Å². The van der Waals surface area contributed by atoms with Gasteiger partial charge in [-0.1, -0.05) is 164 Å². The van der Waals surface area contributed by atoms with Crippen LogP contribution in [0, 0.1) is 47.1 Å². The number of carboxylic acid groups (broad SMARTS) is 3. The SMILES string of the molecule is CC(C)CN(C)CC#Cc1ccc(OCCCc2sc(N3CCc4cccc(C(=O)Nc5nc6ccccc6s5)c4C3)nc2C(=O)O)c(F)c1.CC(C)N1CCN(CC#Cc2ccc(OCCCc3sc(N4CCc5cccc(C(=O)Nc6nc7ccccc7s6)c5C4)nc3C(=O)O)c(F)c2)CC1.CC(C)c1ccc(OCCCc2sc(N3CCc4cccc(C(=O)Nc5nc6ccccc6s5)c4C3)nc2C(=O)O)c(F)c1. The summed E-state index contributed by atoms with van der Waals surface area (Å²) >= 11 is 8.27. The first-order valence-corrected chi connectivity index (χ1v) is 53.7. The third-order valence-electron chi connectivity index (χ3n) is 25.4. The minimum absolute atomic E-state index is 0.00538. The average Bonchev–Trinajstić information content (AvgIpc) is 1.68. The van der Waals surface area contributed by atoms with Crippen LogP contribution in [0.1, 0.15) is 194 Å². The predicted octanol–water partition coefficient (Wildman–Crippen LogP) is 21.7. The molecule has 0 bridgehead atoms. The van der Waals surface area contributed by atoms with E-state index in [9.17, 15) is 57.3 Å². The van der Waals surface area contributed by atoms with E-state index in [0.29, 0.717) is 195 Å². The van der Waals surface area contributed by atoms with E-state index in [4.69, 9.17) is 14.2 Å². The zero-order chi connectivity index (χ0) is 103. The van der Waals surface area contributed by atoms with Crippen molar-refractivity contribution in [3.05, 3.63) is 298 Å². The van der Waals surface area contributed by atoms with E-state index >= 15 is 0 Å². The molecule has 6 aromatic heterocycles. The number of benzene rings is 9. The van der Waals surface area contributed by atoms with E-state index < -0.39 is 35.4 Å². The second-order valence-electron chi connectivity index (χ2n) is 37.0. The van der Waals surface area contributed by atoms with Crippen LogP contribution >= 0.6 is 68.0 Å². The number of aromatic carboxylic acids is 3. The van der Waals surface area contributed by atoms with Crippen LogP contribution in [-0.4, -0.2) is 194 Å². The molecule has 10 heterocycles. The topological polar surface area (TPSA) is 324 Å². The maximum atomic E-state index is 14.9. The summed E-state index contributed by atoms with van der Waals surface area (Å²) in [7, 11) is 2.01. The number of nitrogens with zero attached hydrogens (tertiary/aromatic N) is 12. The van der Waals surface area contributed by atoms with E-state index in [1.165, 1.54) is 86.2 Å². The third kappa shape index (κ3) is 26.5. The van der Waals surface area contributed by atoms with Crippen molar-refractivity contribution in [3.63, 3.8) is 0 Å². The van der Waals surface area contributed by atoms with Gasteiger partial charge in [0.25, 0.3) is 17.7 Å². The van der Waals surface area contributed by atoms with Crippen molar-refractivity contribution >= 4 is 165 Å². The minimum Gasteiger partial charge on any atom is -0.491 e. The van der Waals surface area contributed by atoms with Crippen molar-refractivity contribution in [1.29, 1.82) is 0 Å². The monoisotopic (exact) mass is 2090 g/mol. The zero-order valence-electron chi connectivity index (χ0n) is 82.2. The Labute approximate surface area is 873 Å². The highest BCUT2D eigenvalue weighted by Gasteiger charge is 2.33. The number of ether oxygens (including phenoxy) is 3. The fourth-order valence-electron chi connectivity index (χ4n) is 17.9. The number of nitrogens with one attached hydrogen (secondary N) is 3. The highest BCUT2D eigenvalue weighted by atomic mass is 32.1. The van der Waals surface area contributed by atoms with Gasteiger partial charge < -0.3 is 44.2 Å². The second-order valence-corrected chi connectivity index (χ2v) is 43.3. The fourth-order valence-corrected chi connectivity index (χ4v) is 23.8. The molecule has 15 aromatic rings. The first-order valence-electron chi connectivity index (χ1n) is 48.8. The Bertz CT molecular complexity index is 7390. The molecule has 3 amide bonds. The van der Waals surface area contributed by atoms with Crippen molar-refractivity contribution in [3.8, 4) is 40.9 Å². The first-order chi connectivity index (χ1) is 71.1. The Morgan fingerprint density at radius 1 is 0.422 bits per heavy atom. The van der Waals surface area contributed by atoms with Crippen molar-refractivity contribution in [1.82, 2.24) is 44.6 Å². The molecule has 1 saturated heterocycles. The smallest absolute Gasteiger partial charge is 0.355 e. The van der Waals surface area contributed by atoms with Crippen molar-refractivity contribution in [2.24, 2.45) is 5.92 Å². The summed E-state index contributed by atoms with van der Waals surface area (Å²) in [5, 5.41) is 42.1. The van der Waals surface area contributed by atoms with Gasteiger partial charge in [-0.05, 0) is 233 Å². The minimum atomic E-state index is -1.10. The molecule has 0 saturated carbocycles. The van der Waals surface area contributed by atoms with Gasteiger partial charge in [0.1, 0.15) is 0 Å². The highest BCUT2D eigenvalue weighted by Crippen LogP contribution is 2.40. The van der Waals surface area contributed by atoms with Gasteiger partial charge in [-0.25, -0.2) is 57.5 Å². The molecule has 19 rings (SSSR count). The normalized spacial score (nSPS) is 13.5. The summed E-state index contributed by atoms with van der Waals surface area (Å²) in [4.78, 5) is 119. The van der Waals surface area contributed by atoms with Gasteiger partial charge >= 0.3 is 17.9 Å². The van der Waals surface area contributed by atoms with Crippen LogP contribution in [0.2, 0.25) is 0 Å². The number of aromatic nitrogens is 6. The van der Waals surface area contributed by atoms with Gasteiger partial charge in [0.05, 0.1) is 63.6 Å². The van der Waals surface area contributed by atoms with Gasteiger partial charge in [-0.2, -0.15) is 0 Å². The average molecular weight is 2100 g/mol. The summed E-state index contributed by atoms with van der Waals surface area (Å²) in [5.41, 5.74) is 12.2. The molecule has 0 spiro atoms. The molecule has 758 valence electrons. The Balaban J connectivity index is 0.000000151. The summed E-state index contributed by atoms with van der Waals surface area (Å²) in [5.74, 6) is 8.18. The number of carbonyl (C=O) groups is 6. The zero-order valence-corrected chi connectivity index (χ0v) is 87.1. The fraction of sp³-hybridized carbons (Fsp3) is 0.315. The Morgan fingerprint density at radius 2 is 0.782 bits per heavy atom. The lowest BCUT2D eigenvalue weighted by atomic mass is 9.94. The van der Waals surface area contributed by atoms with Crippen LogP contribution in [0.5, 0.6) is 17.2 Å². The molecule has 9 aromatic carbocycles. The molecule has 147 heavy (non-hydrogen) atoms. The van der Waals surface area contributed by atoms with Crippen LogP contribution < -0.4 is 44.9 Å². The summed E-state index contributed by atoms with van der Waals surface area (Å²) in [6, 6.07) is 55.3. The van der Waals surface area contributed by atoms with E-state index in [1.807, 2.05) is 157 Å². The number of piperazine rings is 1.